The normalized spacial score (nSPS) is 45.5. The predicted molar refractivity (Wildman–Crippen MR) is 44.1 cm³/mol. The average molecular weight is 218 g/mol. The molecule has 7 heteroatoms. The van der Waals surface area contributed by atoms with E-state index in [0.29, 0.717) is 0 Å². The van der Waals surface area contributed by atoms with Gasteiger partial charge in [0.15, 0.2) is 6.29 Å². The summed E-state index contributed by atoms with van der Waals surface area (Å²) in [4.78, 5) is 0. The fraction of sp³-hybridized carbons (Fsp3) is 1.00. The Morgan fingerprint density at radius 3 is 2.23 bits per heavy atom. The highest BCUT2D eigenvalue weighted by Gasteiger charge is 2.41. The number of hydrogen-bond donors (Lipinski definition) is 4. The Hall–Kier alpha value is 0.0200. The van der Waals surface area contributed by atoms with Gasteiger partial charge in [-0.05, 0) is 0 Å². The molecule has 0 aliphatic carbocycles. The number of alkyl halides is 1. The molecule has 1 aliphatic rings. The van der Waals surface area contributed by atoms with Crippen LogP contribution in [-0.4, -0.2) is 52.6 Å². The summed E-state index contributed by atoms with van der Waals surface area (Å²) in [7, 11) is 0. The quantitative estimate of drug-likeness (QED) is 0.413. The lowest BCUT2D eigenvalue weighted by Crippen LogP contribution is -2.61. The largest absolute Gasteiger partial charge is 0.388 e. The zero-order valence-corrected chi connectivity index (χ0v) is 7.52. The molecule has 5 nitrogen and oxygen atoms in total. The molecule has 1 saturated heterocycles. The fourth-order valence-corrected chi connectivity index (χ4v) is 1.09. The molecule has 1 aliphatic heterocycles. The maximum absolute atomic E-state index is 12.1. The Bertz CT molecular complexity index is 159. The van der Waals surface area contributed by atoms with Crippen molar-refractivity contribution in [2.45, 2.75) is 30.6 Å². The first-order valence-electron chi connectivity index (χ1n) is 3.59. The molecular formula is C6H13ClFNO4. The standard InChI is InChI=1S/C6H12FNO4.ClH/c7-1-2-4(9)5(10)3(8)6(11)12-2;/h2-6,9-11H,1,8H2;1H/t2-,3+,4-,5-,6+;/m1./s1. The van der Waals surface area contributed by atoms with Crippen LogP contribution < -0.4 is 5.73 Å². The fourth-order valence-electron chi connectivity index (χ4n) is 1.09. The molecule has 1 heterocycles. The smallest absolute Gasteiger partial charge is 0.173 e. The van der Waals surface area contributed by atoms with Crippen molar-refractivity contribution >= 4 is 12.4 Å². The van der Waals surface area contributed by atoms with Gasteiger partial charge in [0, 0.05) is 0 Å². The number of aliphatic hydroxyl groups excluding tert-OH is 3. The van der Waals surface area contributed by atoms with Gasteiger partial charge in [0.2, 0.25) is 0 Å². The van der Waals surface area contributed by atoms with Gasteiger partial charge in [0.05, 0.1) is 6.04 Å². The first kappa shape index (κ1) is 13.0. The van der Waals surface area contributed by atoms with E-state index >= 15 is 0 Å². The van der Waals surface area contributed by atoms with Gasteiger partial charge in [-0.25, -0.2) is 4.39 Å². The third-order valence-electron chi connectivity index (χ3n) is 1.92. The molecule has 80 valence electrons. The minimum atomic E-state index is -1.43. The maximum atomic E-state index is 12.1. The second-order valence-electron chi connectivity index (χ2n) is 2.78. The molecule has 0 saturated carbocycles. The maximum Gasteiger partial charge on any atom is 0.173 e. The zero-order chi connectivity index (χ0) is 9.30. The van der Waals surface area contributed by atoms with Crippen LogP contribution in [0.5, 0.6) is 0 Å². The van der Waals surface area contributed by atoms with E-state index in [-0.39, 0.29) is 12.4 Å². The van der Waals surface area contributed by atoms with Crippen LogP contribution in [0.4, 0.5) is 4.39 Å². The van der Waals surface area contributed by atoms with Crippen molar-refractivity contribution in [3.05, 3.63) is 0 Å². The van der Waals surface area contributed by atoms with Crippen LogP contribution >= 0.6 is 12.4 Å². The van der Waals surface area contributed by atoms with Crippen LogP contribution in [0.25, 0.3) is 0 Å². The molecule has 0 aromatic heterocycles. The molecule has 0 amide bonds. The molecule has 5 atom stereocenters. The minimum Gasteiger partial charge on any atom is -0.388 e. The molecule has 0 aromatic rings. The van der Waals surface area contributed by atoms with Crippen molar-refractivity contribution in [3.63, 3.8) is 0 Å². The molecule has 5 N–H and O–H groups in total. The van der Waals surface area contributed by atoms with Crippen LogP contribution in [0.15, 0.2) is 0 Å². The van der Waals surface area contributed by atoms with Crippen molar-refractivity contribution in [1.29, 1.82) is 0 Å². The van der Waals surface area contributed by atoms with E-state index < -0.39 is 37.3 Å². The van der Waals surface area contributed by atoms with Gasteiger partial charge in [0.25, 0.3) is 0 Å². The lowest BCUT2D eigenvalue weighted by atomic mass is 9.98. The van der Waals surface area contributed by atoms with E-state index in [1.165, 1.54) is 0 Å². The Labute approximate surface area is 80.7 Å². The number of halogens is 2. The summed E-state index contributed by atoms with van der Waals surface area (Å²) in [5.74, 6) is 0. The van der Waals surface area contributed by atoms with E-state index in [0.717, 1.165) is 0 Å². The van der Waals surface area contributed by atoms with Crippen LogP contribution in [0.1, 0.15) is 0 Å². The van der Waals surface area contributed by atoms with Crippen LogP contribution in [0.2, 0.25) is 0 Å². The SMILES string of the molecule is Cl.N[C@H]1[C@@H](O)[C@H](O)[C@@H](CF)O[C@@H]1O. The first-order valence-corrected chi connectivity index (χ1v) is 3.59. The molecule has 0 spiro atoms. The van der Waals surface area contributed by atoms with Crippen LogP contribution in [0, 0.1) is 0 Å². The number of rotatable bonds is 1. The second-order valence-corrected chi connectivity index (χ2v) is 2.78. The molecular weight excluding hydrogens is 205 g/mol. The Morgan fingerprint density at radius 2 is 1.77 bits per heavy atom. The molecule has 0 aromatic carbocycles. The van der Waals surface area contributed by atoms with Gasteiger partial charge in [0.1, 0.15) is 25.0 Å². The van der Waals surface area contributed by atoms with E-state index in [9.17, 15) is 4.39 Å². The molecule has 1 fully saturated rings. The lowest BCUT2D eigenvalue weighted by Gasteiger charge is -2.37. The predicted octanol–water partition coefficient (Wildman–Crippen LogP) is -1.86. The highest BCUT2D eigenvalue weighted by molar-refractivity contribution is 5.85. The van der Waals surface area contributed by atoms with E-state index in [4.69, 9.17) is 21.1 Å². The van der Waals surface area contributed by atoms with Gasteiger partial charge >= 0.3 is 0 Å². The van der Waals surface area contributed by atoms with E-state index in [1.54, 1.807) is 0 Å². The van der Waals surface area contributed by atoms with Crippen molar-refractivity contribution in [2.75, 3.05) is 6.67 Å². The number of aliphatic hydroxyl groups is 3. The third kappa shape index (κ3) is 2.49. The monoisotopic (exact) mass is 217 g/mol. The third-order valence-corrected chi connectivity index (χ3v) is 1.92. The molecule has 0 bridgehead atoms. The molecule has 0 radical (unpaired) electrons. The number of nitrogens with two attached hydrogens (primary N) is 1. The summed E-state index contributed by atoms with van der Waals surface area (Å²) in [5, 5.41) is 27.2. The topological polar surface area (TPSA) is 95.9 Å². The van der Waals surface area contributed by atoms with Crippen LogP contribution in [0.3, 0.4) is 0 Å². The van der Waals surface area contributed by atoms with Crippen molar-refractivity contribution < 1.29 is 24.4 Å². The molecule has 1 rings (SSSR count). The van der Waals surface area contributed by atoms with Crippen LogP contribution in [-0.2, 0) is 4.74 Å². The Balaban J connectivity index is 0.00000144. The highest BCUT2D eigenvalue weighted by Crippen LogP contribution is 2.18. The van der Waals surface area contributed by atoms with Crippen molar-refractivity contribution in [3.8, 4) is 0 Å². The van der Waals surface area contributed by atoms with Crippen molar-refractivity contribution in [2.24, 2.45) is 5.73 Å². The minimum absolute atomic E-state index is 0. The van der Waals surface area contributed by atoms with Gasteiger partial charge in [-0.1, -0.05) is 0 Å². The highest BCUT2D eigenvalue weighted by atomic mass is 35.5. The summed E-state index contributed by atoms with van der Waals surface area (Å²) in [6.07, 6.45) is -5.36. The van der Waals surface area contributed by atoms with Crippen molar-refractivity contribution in [1.82, 2.24) is 0 Å². The summed E-state index contributed by atoms with van der Waals surface area (Å²) in [6.45, 7) is -0.970. The summed E-state index contributed by atoms with van der Waals surface area (Å²) >= 11 is 0. The molecule has 0 unspecified atom stereocenters. The molecule has 13 heavy (non-hydrogen) atoms. The number of hydrogen-bond acceptors (Lipinski definition) is 5. The number of ether oxygens (including phenoxy) is 1. The Morgan fingerprint density at radius 1 is 1.23 bits per heavy atom. The average Bonchev–Trinajstić information content (AvgIpc) is 2.08. The summed E-state index contributed by atoms with van der Waals surface area (Å²) in [5.41, 5.74) is 5.22. The lowest BCUT2D eigenvalue weighted by molar-refractivity contribution is -0.244. The zero-order valence-electron chi connectivity index (χ0n) is 6.71. The van der Waals surface area contributed by atoms with Gasteiger partial charge in [-0.3, -0.25) is 0 Å². The summed E-state index contributed by atoms with van der Waals surface area (Å²) in [6, 6.07) is -1.09. The van der Waals surface area contributed by atoms with E-state index in [1.807, 2.05) is 0 Å². The van der Waals surface area contributed by atoms with Gasteiger partial charge < -0.3 is 25.8 Å². The summed E-state index contributed by atoms with van der Waals surface area (Å²) < 4.78 is 16.6. The van der Waals surface area contributed by atoms with Gasteiger partial charge in [-0.2, -0.15) is 0 Å². The second kappa shape index (κ2) is 5.04. The first-order chi connectivity index (χ1) is 5.57. The van der Waals surface area contributed by atoms with E-state index in [2.05, 4.69) is 4.74 Å². The van der Waals surface area contributed by atoms with Gasteiger partial charge in [-0.15, -0.1) is 12.4 Å². The Kier molecular flexibility index (Phi) is 5.05.